The van der Waals surface area contributed by atoms with Gasteiger partial charge in [0.25, 0.3) is 0 Å². The molecular formula is C18H22N4O2. The van der Waals surface area contributed by atoms with E-state index in [1.165, 1.54) is 0 Å². The predicted octanol–water partition coefficient (Wildman–Crippen LogP) is 3.31. The molecule has 0 fully saturated rings. The number of nitrogens with one attached hydrogen (secondary N) is 2. The molecule has 0 aromatic heterocycles. The summed E-state index contributed by atoms with van der Waals surface area (Å²) >= 11 is 0. The molecule has 0 aliphatic heterocycles. The minimum Gasteiger partial charge on any atom is -0.326 e. The lowest BCUT2D eigenvalue weighted by Crippen LogP contribution is -2.40. The van der Waals surface area contributed by atoms with Gasteiger partial charge in [-0.15, -0.1) is 0 Å². The molecular weight excluding hydrogens is 304 g/mol. The van der Waals surface area contributed by atoms with Crippen molar-refractivity contribution in [1.82, 2.24) is 9.80 Å². The number of benzene rings is 2. The van der Waals surface area contributed by atoms with Crippen molar-refractivity contribution in [2.45, 2.75) is 0 Å². The molecule has 2 aromatic rings. The number of nitrogens with zero attached hydrogens (tertiary/aromatic N) is 2. The van der Waals surface area contributed by atoms with Crippen LogP contribution in [-0.2, 0) is 0 Å². The van der Waals surface area contributed by atoms with E-state index in [4.69, 9.17) is 0 Å². The van der Waals surface area contributed by atoms with E-state index in [-0.39, 0.29) is 12.1 Å². The van der Waals surface area contributed by atoms with Gasteiger partial charge in [-0.05, 0) is 24.3 Å². The van der Waals surface area contributed by atoms with Crippen molar-refractivity contribution in [3.05, 3.63) is 60.7 Å². The summed E-state index contributed by atoms with van der Waals surface area (Å²) in [6.07, 6.45) is 0. The van der Waals surface area contributed by atoms with Gasteiger partial charge in [0.1, 0.15) is 0 Å². The largest absolute Gasteiger partial charge is 0.326 e. The molecule has 0 saturated heterocycles. The van der Waals surface area contributed by atoms with Crippen molar-refractivity contribution in [1.29, 1.82) is 0 Å². The van der Waals surface area contributed by atoms with Crippen molar-refractivity contribution in [2.24, 2.45) is 0 Å². The van der Waals surface area contributed by atoms with Crippen molar-refractivity contribution >= 4 is 23.4 Å². The highest BCUT2D eigenvalue weighted by molar-refractivity contribution is 5.90. The number of carbonyl (C=O) groups is 2. The Bertz CT molecular complexity index is 602. The molecule has 0 unspecified atom stereocenters. The molecule has 0 radical (unpaired) electrons. The van der Waals surface area contributed by atoms with Crippen LogP contribution in [0, 0.1) is 0 Å². The molecule has 2 rings (SSSR count). The molecule has 0 spiro atoms. The average molecular weight is 326 g/mol. The Kier molecular flexibility index (Phi) is 6.19. The maximum Gasteiger partial charge on any atom is 0.321 e. The second kappa shape index (κ2) is 8.57. The minimum absolute atomic E-state index is 0.210. The number of likely N-dealkylation sites (N-methyl/N-ethyl adjacent to an activating group) is 2. The Morgan fingerprint density at radius 3 is 1.38 bits per heavy atom. The number of rotatable bonds is 5. The van der Waals surface area contributed by atoms with E-state index in [2.05, 4.69) is 10.6 Å². The zero-order valence-corrected chi connectivity index (χ0v) is 13.9. The number of para-hydroxylation sites is 2. The molecule has 2 aromatic carbocycles. The third-order valence-electron chi connectivity index (χ3n) is 3.51. The molecule has 24 heavy (non-hydrogen) atoms. The van der Waals surface area contributed by atoms with Crippen LogP contribution in [0.5, 0.6) is 0 Å². The van der Waals surface area contributed by atoms with E-state index < -0.39 is 0 Å². The lowest BCUT2D eigenvalue weighted by atomic mass is 10.3. The Balaban J connectivity index is 1.77. The molecule has 0 aliphatic carbocycles. The number of amides is 4. The van der Waals surface area contributed by atoms with Crippen molar-refractivity contribution in [3.63, 3.8) is 0 Å². The quantitative estimate of drug-likeness (QED) is 0.885. The van der Waals surface area contributed by atoms with Crippen LogP contribution in [0.1, 0.15) is 0 Å². The lowest BCUT2D eigenvalue weighted by molar-refractivity contribution is 0.205. The summed E-state index contributed by atoms with van der Waals surface area (Å²) in [4.78, 5) is 27.2. The smallest absolute Gasteiger partial charge is 0.321 e. The van der Waals surface area contributed by atoms with Gasteiger partial charge in [-0.25, -0.2) is 9.59 Å². The van der Waals surface area contributed by atoms with Crippen LogP contribution in [-0.4, -0.2) is 49.0 Å². The van der Waals surface area contributed by atoms with Gasteiger partial charge in [-0.1, -0.05) is 36.4 Å². The highest BCUT2D eigenvalue weighted by Crippen LogP contribution is 2.07. The number of hydrogen-bond donors (Lipinski definition) is 2. The normalized spacial score (nSPS) is 9.92. The SMILES string of the molecule is CN(CCN(C)C(=O)Nc1ccccc1)C(=O)Nc1ccccc1. The first-order valence-corrected chi connectivity index (χ1v) is 7.70. The van der Waals surface area contributed by atoms with Crippen molar-refractivity contribution < 1.29 is 9.59 Å². The average Bonchev–Trinajstić information content (AvgIpc) is 2.61. The van der Waals surface area contributed by atoms with Gasteiger partial charge in [-0.3, -0.25) is 0 Å². The molecule has 6 heteroatoms. The molecule has 4 amide bonds. The molecule has 0 atom stereocenters. The topological polar surface area (TPSA) is 64.7 Å². The fourth-order valence-electron chi connectivity index (χ4n) is 1.98. The third-order valence-corrected chi connectivity index (χ3v) is 3.51. The van der Waals surface area contributed by atoms with Crippen LogP contribution in [0.25, 0.3) is 0 Å². The Morgan fingerprint density at radius 2 is 1.04 bits per heavy atom. The predicted molar refractivity (Wildman–Crippen MR) is 96.2 cm³/mol. The Hall–Kier alpha value is -3.02. The zero-order chi connectivity index (χ0) is 17.4. The Morgan fingerprint density at radius 1 is 0.708 bits per heavy atom. The molecule has 0 bridgehead atoms. The van der Waals surface area contributed by atoms with Crippen molar-refractivity contribution in [2.75, 3.05) is 37.8 Å². The number of hydrogen-bond acceptors (Lipinski definition) is 2. The van der Waals surface area contributed by atoms with E-state index in [0.717, 1.165) is 11.4 Å². The standard InChI is InChI=1S/C18H22N4O2/c1-21(17(23)19-15-9-5-3-6-10-15)13-14-22(2)18(24)20-16-11-7-4-8-12-16/h3-12H,13-14H2,1-2H3,(H,19,23)(H,20,24). The summed E-state index contributed by atoms with van der Waals surface area (Å²) in [5.74, 6) is 0. The van der Waals surface area contributed by atoms with E-state index in [0.29, 0.717) is 13.1 Å². The van der Waals surface area contributed by atoms with Gasteiger partial charge < -0.3 is 20.4 Å². The van der Waals surface area contributed by atoms with Gasteiger partial charge in [0.15, 0.2) is 0 Å². The second-order valence-corrected chi connectivity index (χ2v) is 5.44. The van der Waals surface area contributed by atoms with Gasteiger partial charge in [0.2, 0.25) is 0 Å². The summed E-state index contributed by atoms with van der Waals surface area (Å²) in [5, 5.41) is 5.60. The van der Waals surface area contributed by atoms with E-state index >= 15 is 0 Å². The molecule has 2 N–H and O–H groups in total. The van der Waals surface area contributed by atoms with Gasteiger partial charge in [-0.2, -0.15) is 0 Å². The van der Waals surface area contributed by atoms with Crippen LogP contribution >= 0.6 is 0 Å². The Labute approximate surface area is 142 Å². The molecule has 6 nitrogen and oxygen atoms in total. The molecule has 126 valence electrons. The molecule has 0 saturated carbocycles. The molecule has 0 heterocycles. The van der Waals surface area contributed by atoms with Gasteiger partial charge in [0.05, 0.1) is 0 Å². The summed E-state index contributed by atoms with van der Waals surface area (Å²) in [5.41, 5.74) is 1.48. The van der Waals surface area contributed by atoms with E-state index in [1.54, 1.807) is 23.9 Å². The monoisotopic (exact) mass is 326 g/mol. The highest BCUT2D eigenvalue weighted by atomic mass is 16.2. The highest BCUT2D eigenvalue weighted by Gasteiger charge is 2.12. The summed E-state index contributed by atoms with van der Waals surface area (Å²) in [7, 11) is 3.39. The third kappa shape index (κ3) is 5.31. The molecule has 0 aliphatic rings. The number of urea groups is 2. The van der Waals surface area contributed by atoms with Crippen LogP contribution in [0.15, 0.2) is 60.7 Å². The van der Waals surface area contributed by atoms with Gasteiger partial charge >= 0.3 is 12.1 Å². The van der Waals surface area contributed by atoms with Crippen LogP contribution in [0.2, 0.25) is 0 Å². The summed E-state index contributed by atoms with van der Waals surface area (Å²) in [6, 6.07) is 18.1. The fraction of sp³-hybridized carbons (Fsp3) is 0.222. The van der Waals surface area contributed by atoms with Crippen LogP contribution < -0.4 is 10.6 Å². The number of carbonyl (C=O) groups excluding carboxylic acids is 2. The van der Waals surface area contributed by atoms with E-state index in [9.17, 15) is 9.59 Å². The maximum atomic E-state index is 12.1. The summed E-state index contributed by atoms with van der Waals surface area (Å²) < 4.78 is 0. The number of anilines is 2. The van der Waals surface area contributed by atoms with Gasteiger partial charge in [0, 0.05) is 38.6 Å². The summed E-state index contributed by atoms with van der Waals surface area (Å²) in [6.45, 7) is 0.856. The maximum absolute atomic E-state index is 12.1. The van der Waals surface area contributed by atoms with E-state index in [1.807, 2.05) is 60.7 Å². The second-order valence-electron chi connectivity index (χ2n) is 5.44. The first kappa shape index (κ1) is 17.3. The minimum atomic E-state index is -0.210. The van der Waals surface area contributed by atoms with Crippen molar-refractivity contribution in [3.8, 4) is 0 Å². The fourth-order valence-corrected chi connectivity index (χ4v) is 1.98. The lowest BCUT2D eigenvalue weighted by Gasteiger charge is -2.23. The zero-order valence-electron chi connectivity index (χ0n) is 13.9. The van der Waals surface area contributed by atoms with Crippen LogP contribution in [0.4, 0.5) is 21.0 Å². The first-order valence-electron chi connectivity index (χ1n) is 7.70. The van der Waals surface area contributed by atoms with Crippen LogP contribution in [0.3, 0.4) is 0 Å². The first-order chi connectivity index (χ1) is 11.6.